The van der Waals surface area contributed by atoms with Crippen molar-refractivity contribution in [3.05, 3.63) is 48.4 Å². The smallest absolute Gasteiger partial charge is 0.287 e. The van der Waals surface area contributed by atoms with Gasteiger partial charge in [0.1, 0.15) is 12.0 Å². The number of benzene rings is 1. The van der Waals surface area contributed by atoms with Crippen molar-refractivity contribution in [3.63, 3.8) is 0 Å². The Morgan fingerprint density at radius 1 is 1.20 bits per heavy atom. The number of halogens is 1. The number of hydrogen-bond donors (Lipinski definition) is 0. The van der Waals surface area contributed by atoms with E-state index < -0.39 is 5.24 Å². The van der Waals surface area contributed by atoms with Crippen LogP contribution in [0.1, 0.15) is 10.6 Å². The van der Waals surface area contributed by atoms with Crippen molar-refractivity contribution >= 4 is 16.8 Å². The van der Waals surface area contributed by atoms with Gasteiger partial charge < -0.3 is 9.15 Å². The van der Waals surface area contributed by atoms with E-state index in [0.29, 0.717) is 11.5 Å². The van der Waals surface area contributed by atoms with Crippen LogP contribution in [-0.4, -0.2) is 5.24 Å². The van der Waals surface area contributed by atoms with Gasteiger partial charge in [0.25, 0.3) is 5.24 Å². The summed E-state index contributed by atoms with van der Waals surface area (Å²) < 4.78 is 10.3. The van der Waals surface area contributed by atoms with Crippen molar-refractivity contribution in [2.45, 2.75) is 0 Å². The first-order valence-electron chi connectivity index (χ1n) is 4.27. The molecule has 0 aliphatic rings. The van der Waals surface area contributed by atoms with E-state index in [1.165, 1.54) is 12.3 Å². The zero-order chi connectivity index (χ0) is 10.7. The highest BCUT2D eigenvalue weighted by Gasteiger charge is 2.08. The Labute approximate surface area is 91.2 Å². The molecule has 3 nitrogen and oxygen atoms in total. The van der Waals surface area contributed by atoms with Crippen LogP contribution in [0.15, 0.2) is 47.1 Å². The summed E-state index contributed by atoms with van der Waals surface area (Å²) in [6.45, 7) is 0. The molecule has 0 aliphatic heterocycles. The molecule has 2 rings (SSSR count). The SMILES string of the molecule is O=C(Cl)c1cc(Oc2ccccc2)co1. The summed E-state index contributed by atoms with van der Waals surface area (Å²) in [4.78, 5) is 10.7. The van der Waals surface area contributed by atoms with E-state index in [1.807, 2.05) is 18.2 Å². The molecule has 0 bridgehead atoms. The van der Waals surface area contributed by atoms with Crippen LogP contribution in [0.2, 0.25) is 0 Å². The Morgan fingerprint density at radius 3 is 2.53 bits per heavy atom. The van der Waals surface area contributed by atoms with Gasteiger partial charge in [-0.15, -0.1) is 0 Å². The Bertz CT molecular complexity index is 462. The summed E-state index contributed by atoms with van der Waals surface area (Å²) >= 11 is 5.23. The van der Waals surface area contributed by atoms with E-state index in [0.717, 1.165) is 0 Å². The number of rotatable bonds is 3. The highest BCUT2D eigenvalue weighted by molar-refractivity contribution is 6.67. The minimum Gasteiger partial charge on any atom is -0.456 e. The lowest BCUT2D eigenvalue weighted by molar-refractivity contribution is 0.105. The molecule has 2 aromatic rings. The first-order valence-corrected chi connectivity index (χ1v) is 4.65. The molecular weight excluding hydrogens is 216 g/mol. The highest BCUT2D eigenvalue weighted by atomic mass is 35.5. The first kappa shape index (κ1) is 9.80. The van der Waals surface area contributed by atoms with Gasteiger partial charge in [0.2, 0.25) is 0 Å². The van der Waals surface area contributed by atoms with Crippen molar-refractivity contribution < 1.29 is 13.9 Å². The molecule has 0 saturated heterocycles. The lowest BCUT2D eigenvalue weighted by Gasteiger charge is -1.99. The van der Waals surface area contributed by atoms with Gasteiger partial charge in [0, 0.05) is 6.07 Å². The molecule has 1 aromatic heterocycles. The van der Waals surface area contributed by atoms with Crippen LogP contribution in [-0.2, 0) is 0 Å². The van der Waals surface area contributed by atoms with Gasteiger partial charge in [-0.1, -0.05) is 18.2 Å². The van der Waals surface area contributed by atoms with E-state index in [1.54, 1.807) is 12.1 Å². The second-order valence-corrected chi connectivity index (χ2v) is 3.18. The molecule has 0 spiro atoms. The molecule has 1 heterocycles. The van der Waals surface area contributed by atoms with Crippen molar-refractivity contribution in [1.29, 1.82) is 0 Å². The Hall–Kier alpha value is -1.74. The summed E-state index contributed by atoms with van der Waals surface area (Å²) in [7, 11) is 0. The van der Waals surface area contributed by atoms with Crippen LogP contribution >= 0.6 is 11.6 Å². The Morgan fingerprint density at radius 2 is 1.93 bits per heavy atom. The zero-order valence-corrected chi connectivity index (χ0v) is 8.40. The van der Waals surface area contributed by atoms with E-state index in [2.05, 4.69) is 0 Å². The fourth-order valence-electron chi connectivity index (χ4n) is 1.10. The number of carbonyl (C=O) groups is 1. The molecule has 0 N–H and O–H groups in total. The number of furan rings is 1. The molecule has 0 atom stereocenters. The number of ether oxygens (including phenoxy) is 1. The summed E-state index contributed by atoms with van der Waals surface area (Å²) in [5.74, 6) is 1.19. The molecule has 0 saturated carbocycles. The predicted molar refractivity (Wildman–Crippen MR) is 55.4 cm³/mol. The normalized spacial score (nSPS) is 9.93. The highest BCUT2D eigenvalue weighted by Crippen LogP contribution is 2.23. The van der Waals surface area contributed by atoms with Gasteiger partial charge in [-0.2, -0.15) is 0 Å². The third kappa shape index (κ3) is 2.39. The monoisotopic (exact) mass is 222 g/mol. The minimum absolute atomic E-state index is 0.0718. The summed E-state index contributed by atoms with van der Waals surface area (Å²) in [6.07, 6.45) is 1.34. The largest absolute Gasteiger partial charge is 0.456 e. The summed E-state index contributed by atoms with van der Waals surface area (Å²) in [6, 6.07) is 10.6. The van der Waals surface area contributed by atoms with Gasteiger partial charge in [0.15, 0.2) is 11.5 Å². The molecule has 15 heavy (non-hydrogen) atoms. The van der Waals surface area contributed by atoms with Crippen molar-refractivity contribution in [1.82, 2.24) is 0 Å². The van der Waals surface area contributed by atoms with Gasteiger partial charge >= 0.3 is 0 Å². The third-order valence-electron chi connectivity index (χ3n) is 1.75. The minimum atomic E-state index is -0.641. The molecule has 0 unspecified atom stereocenters. The summed E-state index contributed by atoms with van der Waals surface area (Å²) in [5, 5.41) is -0.641. The molecule has 1 aromatic carbocycles. The van der Waals surface area contributed by atoms with Crippen LogP contribution in [0.3, 0.4) is 0 Å². The van der Waals surface area contributed by atoms with Crippen molar-refractivity contribution in [2.24, 2.45) is 0 Å². The van der Waals surface area contributed by atoms with E-state index in [4.69, 9.17) is 20.8 Å². The topological polar surface area (TPSA) is 39.4 Å². The maximum atomic E-state index is 10.7. The number of carbonyl (C=O) groups excluding carboxylic acids is 1. The average Bonchev–Trinajstić information content (AvgIpc) is 2.68. The van der Waals surface area contributed by atoms with Crippen LogP contribution in [0, 0.1) is 0 Å². The quantitative estimate of drug-likeness (QED) is 0.747. The van der Waals surface area contributed by atoms with Crippen LogP contribution in [0.4, 0.5) is 0 Å². The van der Waals surface area contributed by atoms with Gasteiger partial charge in [-0.25, -0.2) is 0 Å². The average molecular weight is 223 g/mol. The second kappa shape index (κ2) is 4.19. The standard InChI is InChI=1S/C11H7ClO3/c12-11(13)10-6-9(7-14-10)15-8-4-2-1-3-5-8/h1-7H. The fraction of sp³-hybridized carbons (Fsp3) is 0. The Balaban J connectivity index is 2.15. The van der Waals surface area contributed by atoms with Gasteiger partial charge in [0.05, 0.1) is 0 Å². The third-order valence-corrected chi connectivity index (χ3v) is 1.93. The number of hydrogen-bond acceptors (Lipinski definition) is 3. The predicted octanol–water partition coefficient (Wildman–Crippen LogP) is 3.45. The van der Waals surface area contributed by atoms with Gasteiger partial charge in [-0.3, -0.25) is 4.79 Å². The van der Waals surface area contributed by atoms with Crippen LogP contribution < -0.4 is 4.74 Å². The maximum absolute atomic E-state index is 10.7. The molecule has 4 heteroatoms. The van der Waals surface area contributed by atoms with E-state index in [9.17, 15) is 4.79 Å². The zero-order valence-electron chi connectivity index (χ0n) is 7.64. The van der Waals surface area contributed by atoms with Gasteiger partial charge in [-0.05, 0) is 23.7 Å². The van der Waals surface area contributed by atoms with Crippen LogP contribution in [0.5, 0.6) is 11.5 Å². The first-order chi connectivity index (χ1) is 7.25. The lowest BCUT2D eigenvalue weighted by Crippen LogP contribution is -1.83. The van der Waals surface area contributed by atoms with Crippen molar-refractivity contribution in [3.8, 4) is 11.5 Å². The molecule has 0 fully saturated rings. The number of para-hydroxylation sites is 1. The molecule has 0 aliphatic carbocycles. The molecule has 76 valence electrons. The molecule has 0 radical (unpaired) electrons. The maximum Gasteiger partial charge on any atom is 0.287 e. The van der Waals surface area contributed by atoms with Crippen LogP contribution in [0.25, 0.3) is 0 Å². The fourth-order valence-corrected chi connectivity index (χ4v) is 1.20. The molecule has 0 amide bonds. The lowest BCUT2D eigenvalue weighted by atomic mass is 10.3. The molecular formula is C11H7ClO3. The van der Waals surface area contributed by atoms with E-state index >= 15 is 0 Å². The summed E-state index contributed by atoms with van der Waals surface area (Å²) in [5.41, 5.74) is 0. The van der Waals surface area contributed by atoms with E-state index in [-0.39, 0.29) is 5.76 Å². The van der Waals surface area contributed by atoms with Crippen molar-refractivity contribution in [2.75, 3.05) is 0 Å². The second-order valence-electron chi connectivity index (χ2n) is 2.84. The Kier molecular flexibility index (Phi) is 2.74.